The molecule has 0 saturated carbocycles. The van der Waals surface area contributed by atoms with E-state index < -0.39 is 31.1 Å². The highest BCUT2D eigenvalue weighted by Gasteiger charge is 2.17. The van der Waals surface area contributed by atoms with Gasteiger partial charge in [0, 0.05) is 6.08 Å². The lowest BCUT2D eigenvalue weighted by Gasteiger charge is -2.12. The molecule has 0 aliphatic carbocycles. The van der Waals surface area contributed by atoms with E-state index >= 15 is 0 Å². The number of aryl methyl sites for hydroxylation is 1. The number of aliphatic hydroxyl groups excluding tert-OH is 2. The van der Waals surface area contributed by atoms with Gasteiger partial charge in [0.25, 0.3) is 0 Å². The molecule has 0 atom stereocenters. The predicted molar refractivity (Wildman–Crippen MR) is 151 cm³/mol. The molecule has 0 radical (unpaired) electrons. The van der Waals surface area contributed by atoms with E-state index in [2.05, 4.69) is 20.1 Å². The highest BCUT2D eigenvalue weighted by atomic mass is 16.6. The van der Waals surface area contributed by atoms with Gasteiger partial charge in [0.2, 0.25) is 0 Å². The van der Waals surface area contributed by atoms with Gasteiger partial charge in [-0.3, -0.25) is 0 Å². The number of esters is 3. The Morgan fingerprint density at radius 1 is 0.750 bits per heavy atom. The van der Waals surface area contributed by atoms with Crippen molar-refractivity contribution in [3.05, 3.63) is 108 Å². The van der Waals surface area contributed by atoms with Crippen molar-refractivity contribution in [2.24, 2.45) is 0 Å². The molecule has 0 aromatic heterocycles. The Balaban J connectivity index is 1.83. The normalized spacial score (nSPS) is 10.7. The molecule has 8 heteroatoms. The lowest BCUT2D eigenvalue weighted by atomic mass is 10.0. The number of ether oxygens (including phenoxy) is 3. The lowest BCUT2D eigenvalue weighted by molar-refractivity contribution is -0.132. The quantitative estimate of drug-likeness (QED) is 0.190. The summed E-state index contributed by atoms with van der Waals surface area (Å²) in [4.78, 5) is 36.7. The smallest absolute Gasteiger partial charge is 0.341 e. The Bertz CT molecular complexity index is 1420. The number of rotatable bonds is 12. The summed E-state index contributed by atoms with van der Waals surface area (Å²) in [6, 6.07) is 18.9. The summed E-state index contributed by atoms with van der Waals surface area (Å²) in [6.07, 6.45) is 4.90. The second-order valence-corrected chi connectivity index (χ2v) is 8.73. The van der Waals surface area contributed by atoms with Crippen LogP contribution in [0.2, 0.25) is 0 Å². The largest absolute Gasteiger partial charge is 0.423 e. The third-order valence-corrected chi connectivity index (χ3v) is 5.64. The minimum absolute atomic E-state index is 0.0284. The van der Waals surface area contributed by atoms with Gasteiger partial charge >= 0.3 is 17.9 Å². The molecule has 0 heterocycles. The molecule has 3 aromatic carbocycles. The molecule has 206 valence electrons. The van der Waals surface area contributed by atoms with E-state index in [-0.39, 0.29) is 28.4 Å². The molecule has 40 heavy (non-hydrogen) atoms. The van der Waals surface area contributed by atoms with Crippen molar-refractivity contribution in [2.45, 2.75) is 19.8 Å². The summed E-state index contributed by atoms with van der Waals surface area (Å²) < 4.78 is 16.0. The van der Waals surface area contributed by atoms with Gasteiger partial charge in [-0.15, -0.1) is 0 Å². The maximum absolute atomic E-state index is 12.7. The first kappa shape index (κ1) is 29.8. The van der Waals surface area contributed by atoms with Crippen LogP contribution in [0, 0.1) is 0 Å². The Labute approximate surface area is 232 Å². The summed E-state index contributed by atoms with van der Waals surface area (Å²) in [5.74, 6) is -2.13. The Morgan fingerprint density at radius 2 is 1.35 bits per heavy atom. The van der Waals surface area contributed by atoms with Crippen LogP contribution in [-0.4, -0.2) is 41.3 Å². The van der Waals surface area contributed by atoms with Crippen molar-refractivity contribution in [1.82, 2.24) is 0 Å². The molecular formula is C32H30O8. The van der Waals surface area contributed by atoms with Crippen LogP contribution in [0.3, 0.4) is 0 Å². The Hall–Kier alpha value is -4.79. The molecule has 3 aromatic rings. The number of hydrogen-bond acceptors (Lipinski definition) is 8. The number of hydrogen-bond donors (Lipinski definition) is 2. The van der Waals surface area contributed by atoms with Gasteiger partial charge in [-0.1, -0.05) is 69.0 Å². The van der Waals surface area contributed by atoms with Crippen molar-refractivity contribution >= 4 is 24.0 Å². The molecule has 0 unspecified atom stereocenters. The van der Waals surface area contributed by atoms with E-state index in [9.17, 15) is 19.5 Å². The third kappa shape index (κ3) is 8.36. The minimum atomic E-state index is -0.870. The highest BCUT2D eigenvalue weighted by molar-refractivity contribution is 5.92. The van der Waals surface area contributed by atoms with Crippen LogP contribution in [0.15, 0.2) is 97.1 Å². The van der Waals surface area contributed by atoms with Crippen molar-refractivity contribution < 1.29 is 38.8 Å². The molecule has 0 saturated heterocycles. The standard InChI is InChI=1S/C32H30O8/c1-4-5-23-6-8-24(9-7-23)10-17-30(35)39-29-18-26(13-16-28(29)40-32(37)22(3)20-34)25-11-14-27(15-12-25)38-31(36)21(2)19-33/h6-18,33-34H,2-5,19-20H2,1H3/b17-10+. The fraction of sp³-hybridized carbons (Fsp3) is 0.156. The molecule has 0 spiro atoms. The molecule has 8 nitrogen and oxygen atoms in total. The van der Waals surface area contributed by atoms with Crippen LogP contribution in [0.4, 0.5) is 0 Å². The van der Waals surface area contributed by atoms with Crippen LogP contribution in [0.5, 0.6) is 17.2 Å². The second kappa shape index (κ2) is 14.4. The van der Waals surface area contributed by atoms with Crippen LogP contribution in [0.1, 0.15) is 24.5 Å². The van der Waals surface area contributed by atoms with Crippen molar-refractivity contribution in [2.75, 3.05) is 13.2 Å². The van der Waals surface area contributed by atoms with E-state index in [1.807, 2.05) is 24.3 Å². The van der Waals surface area contributed by atoms with Crippen LogP contribution >= 0.6 is 0 Å². The molecule has 2 N–H and O–H groups in total. The lowest BCUT2D eigenvalue weighted by Crippen LogP contribution is -2.14. The maximum Gasteiger partial charge on any atom is 0.341 e. The first-order valence-electron chi connectivity index (χ1n) is 12.5. The summed E-state index contributed by atoms with van der Waals surface area (Å²) >= 11 is 0. The van der Waals surface area contributed by atoms with Crippen LogP contribution in [0.25, 0.3) is 17.2 Å². The van der Waals surface area contributed by atoms with E-state index in [4.69, 9.17) is 19.3 Å². The Kier molecular flexibility index (Phi) is 10.7. The monoisotopic (exact) mass is 542 g/mol. The van der Waals surface area contributed by atoms with E-state index in [1.165, 1.54) is 23.8 Å². The SMILES string of the molecule is C=C(CO)C(=O)Oc1ccc(-c2ccc(OC(=O)C(=C)CO)c(OC(=O)/C=C/c3ccc(CCC)cc3)c2)cc1. The highest BCUT2D eigenvalue weighted by Crippen LogP contribution is 2.34. The maximum atomic E-state index is 12.7. The fourth-order valence-corrected chi connectivity index (χ4v) is 3.44. The van der Waals surface area contributed by atoms with E-state index in [0.29, 0.717) is 11.1 Å². The number of benzene rings is 3. The predicted octanol–water partition coefficient (Wildman–Crippen LogP) is 4.83. The van der Waals surface area contributed by atoms with Gasteiger partial charge < -0.3 is 24.4 Å². The number of carbonyl (C=O) groups is 3. The molecule has 0 fully saturated rings. The third-order valence-electron chi connectivity index (χ3n) is 5.64. The summed E-state index contributed by atoms with van der Waals surface area (Å²) in [5, 5.41) is 18.2. The van der Waals surface area contributed by atoms with E-state index in [1.54, 1.807) is 36.4 Å². The zero-order valence-corrected chi connectivity index (χ0v) is 22.1. The number of carbonyl (C=O) groups excluding carboxylic acids is 3. The van der Waals surface area contributed by atoms with Crippen molar-refractivity contribution in [1.29, 1.82) is 0 Å². The van der Waals surface area contributed by atoms with Crippen LogP contribution in [-0.2, 0) is 20.8 Å². The molecule has 0 aliphatic heterocycles. The molecule has 0 aliphatic rings. The van der Waals surface area contributed by atoms with Gasteiger partial charge in [0.05, 0.1) is 24.4 Å². The fourth-order valence-electron chi connectivity index (χ4n) is 3.44. The molecule has 0 amide bonds. The average Bonchev–Trinajstić information content (AvgIpc) is 2.97. The first-order valence-corrected chi connectivity index (χ1v) is 12.5. The summed E-state index contributed by atoms with van der Waals surface area (Å²) in [6.45, 7) is 7.88. The van der Waals surface area contributed by atoms with Gasteiger partial charge in [0.1, 0.15) is 5.75 Å². The second-order valence-electron chi connectivity index (χ2n) is 8.73. The first-order chi connectivity index (χ1) is 19.2. The van der Waals surface area contributed by atoms with Gasteiger partial charge in [-0.2, -0.15) is 0 Å². The molecule has 3 rings (SSSR count). The number of aliphatic hydroxyl groups is 2. The zero-order chi connectivity index (χ0) is 29.1. The summed E-state index contributed by atoms with van der Waals surface area (Å²) in [5.41, 5.74) is 3.07. The van der Waals surface area contributed by atoms with Gasteiger partial charge in [-0.05, 0) is 59.0 Å². The van der Waals surface area contributed by atoms with Gasteiger partial charge in [0.15, 0.2) is 11.5 Å². The summed E-state index contributed by atoms with van der Waals surface area (Å²) in [7, 11) is 0. The van der Waals surface area contributed by atoms with Crippen molar-refractivity contribution in [3.8, 4) is 28.4 Å². The molecule has 0 bridgehead atoms. The van der Waals surface area contributed by atoms with E-state index in [0.717, 1.165) is 18.4 Å². The Morgan fingerprint density at radius 3 is 1.95 bits per heavy atom. The zero-order valence-electron chi connectivity index (χ0n) is 22.1. The van der Waals surface area contributed by atoms with Crippen LogP contribution < -0.4 is 14.2 Å². The minimum Gasteiger partial charge on any atom is -0.423 e. The molecular weight excluding hydrogens is 512 g/mol. The van der Waals surface area contributed by atoms with Gasteiger partial charge in [-0.25, -0.2) is 14.4 Å². The topological polar surface area (TPSA) is 119 Å². The average molecular weight is 543 g/mol. The van der Waals surface area contributed by atoms with Crippen molar-refractivity contribution in [3.63, 3.8) is 0 Å².